The highest BCUT2D eigenvalue weighted by atomic mass is 32.2. The van der Waals surface area contributed by atoms with Crippen molar-refractivity contribution in [1.82, 2.24) is 5.32 Å². The average molecular weight is 278 g/mol. The van der Waals surface area contributed by atoms with Crippen molar-refractivity contribution in [1.29, 1.82) is 0 Å². The summed E-state index contributed by atoms with van der Waals surface area (Å²) >= 11 is 1.66. The van der Waals surface area contributed by atoms with Crippen molar-refractivity contribution in [3.63, 3.8) is 0 Å². The van der Waals surface area contributed by atoms with E-state index in [-0.39, 0.29) is 11.3 Å². The minimum atomic E-state index is -0.222. The fourth-order valence-corrected chi connectivity index (χ4v) is 3.30. The van der Waals surface area contributed by atoms with Crippen molar-refractivity contribution in [3.8, 4) is 0 Å². The van der Waals surface area contributed by atoms with Crippen LogP contribution in [0, 0.1) is 5.41 Å². The predicted molar refractivity (Wildman–Crippen MR) is 81.7 cm³/mol. The highest BCUT2D eigenvalue weighted by molar-refractivity contribution is 7.98. The number of nitrogens with one attached hydrogen (secondary N) is 2. The van der Waals surface area contributed by atoms with Crippen LogP contribution >= 0.6 is 11.8 Å². The van der Waals surface area contributed by atoms with Crippen LogP contribution in [0.25, 0.3) is 0 Å². The molecule has 0 bridgehead atoms. The van der Waals surface area contributed by atoms with E-state index >= 15 is 0 Å². The molecule has 1 aromatic rings. The number of hydrogen-bond donors (Lipinski definition) is 2. The maximum atomic E-state index is 12.6. The van der Waals surface area contributed by atoms with Crippen LogP contribution in [-0.4, -0.2) is 25.3 Å². The van der Waals surface area contributed by atoms with Crippen molar-refractivity contribution in [2.24, 2.45) is 5.41 Å². The van der Waals surface area contributed by atoms with Gasteiger partial charge in [-0.2, -0.15) is 0 Å². The lowest BCUT2D eigenvalue weighted by atomic mass is 9.81. The van der Waals surface area contributed by atoms with E-state index in [0.29, 0.717) is 0 Å². The van der Waals surface area contributed by atoms with E-state index in [1.807, 2.05) is 30.5 Å². The van der Waals surface area contributed by atoms with Crippen LogP contribution in [-0.2, 0) is 4.79 Å². The zero-order chi connectivity index (χ0) is 13.7. The summed E-state index contributed by atoms with van der Waals surface area (Å²) in [4.78, 5) is 13.8. The molecule has 1 aliphatic heterocycles. The van der Waals surface area contributed by atoms with Gasteiger partial charge in [0, 0.05) is 11.4 Å². The maximum Gasteiger partial charge on any atom is 0.231 e. The lowest BCUT2D eigenvalue weighted by Crippen LogP contribution is -2.38. The van der Waals surface area contributed by atoms with E-state index in [2.05, 4.69) is 17.6 Å². The first-order valence-electron chi connectivity index (χ1n) is 6.87. The van der Waals surface area contributed by atoms with Gasteiger partial charge in [0.25, 0.3) is 0 Å². The molecule has 1 unspecified atom stereocenters. The quantitative estimate of drug-likeness (QED) is 0.813. The number of anilines is 1. The van der Waals surface area contributed by atoms with Gasteiger partial charge in [0.15, 0.2) is 0 Å². The molecule has 1 aromatic carbocycles. The van der Waals surface area contributed by atoms with Gasteiger partial charge in [-0.25, -0.2) is 0 Å². The van der Waals surface area contributed by atoms with Gasteiger partial charge >= 0.3 is 0 Å². The Morgan fingerprint density at radius 2 is 2.26 bits per heavy atom. The van der Waals surface area contributed by atoms with E-state index in [1.165, 1.54) is 0 Å². The Balaban J connectivity index is 2.15. The molecule has 0 spiro atoms. The molecule has 1 fully saturated rings. The lowest BCUT2D eigenvalue weighted by molar-refractivity contribution is -0.125. The molecule has 2 N–H and O–H groups in total. The molecule has 1 aliphatic rings. The number of hydrogen-bond acceptors (Lipinski definition) is 3. The number of benzene rings is 1. The summed E-state index contributed by atoms with van der Waals surface area (Å²) < 4.78 is 0. The van der Waals surface area contributed by atoms with E-state index < -0.39 is 0 Å². The molecule has 1 saturated heterocycles. The lowest BCUT2D eigenvalue weighted by Gasteiger charge is -2.26. The zero-order valence-electron chi connectivity index (χ0n) is 11.7. The molecule has 1 atom stereocenters. The Morgan fingerprint density at radius 1 is 1.47 bits per heavy atom. The van der Waals surface area contributed by atoms with Gasteiger partial charge in [-0.3, -0.25) is 4.79 Å². The summed E-state index contributed by atoms with van der Waals surface area (Å²) in [5.74, 6) is 0.167. The standard InChI is InChI=1S/C15H22N2OS/c1-3-8-15(9-10-16-11-15)14(18)17-12-6-4-5-7-13(12)19-2/h4-7,16H,3,8-11H2,1-2H3,(H,17,18). The second kappa shape index (κ2) is 6.44. The average Bonchev–Trinajstić information content (AvgIpc) is 2.90. The van der Waals surface area contributed by atoms with Gasteiger partial charge in [-0.05, 0) is 37.8 Å². The molecule has 1 amide bonds. The van der Waals surface area contributed by atoms with Crippen LogP contribution in [0.5, 0.6) is 0 Å². The highest BCUT2D eigenvalue weighted by Gasteiger charge is 2.40. The van der Waals surface area contributed by atoms with Crippen molar-refractivity contribution < 1.29 is 4.79 Å². The van der Waals surface area contributed by atoms with Gasteiger partial charge in [0.1, 0.15) is 0 Å². The number of carbonyl (C=O) groups is 1. The van der Waals surface area contributed by atoms with Crippen LogP contribution in [0.4, 0.5) is 5.69 Å². The third kappa shape index (κ3) is 3.12. The van der Waals surface area contributed by atoms with Crippen LogP contribution in [0.2, 0.25) is 0 Å². The first-order valence-corrected chi connectivity index (χ1v) is 8.09. The number of rotatable bonds is 5. The van der Waals surface area contributed by atoms with Crippen LogP contribution in [0.3, 0.4) is 0 Å². The van der Waals surface area contributed by atoms with Gasteiger partial charge in [-0.1, -0.05) is 25.5 Å². The molecule has 1 heterocycles. The summed E-state index contributed by atoms with van der Waals surface area (Å²) in [5, 5.41) is 6.46. The highest BCUT2D eigenvalue weighted by Crippen LogP contribution is 2.34. The predicted octanol–water partition coefficient (Wildman–Crippen LogP) is 3.13. The molecular formula is C15H22N2OS. The second-order valence-corrected chi connectivity index (χ2v) is 5.96. The summed E-state index contributed by atoms with van der Waals surface area (Å²) in [6.45, 7) is 3.88. The number of para-hydroxylation sites is 1. The normalized spacial score (nSPS) is 22.4. The minimum Gasteiger partial charge on any atom is -0.325 e. The Labute approximate surface area is 119 Å². The molecule has 0 aliphatic carbocycles. The topological polar surface area (TPSA) is 41.1 Å². The van der Waals surface area contributed by atoms with E-state index in [9.17, 15) is 4.79 Å². The largest absolute Gasteiger partial charge is 0.325 e. The molecule has 19 heavy (non-hydrogen) atoms. The van der Waals surface area contributed by atoms with Gasteiger partial charge in [-0.15, -0.1) is 11.8 Å². The summed E-state index contributed by atoms with van der Waals surface area (Å²) in [7, 11) is 0. The van der Waals surface area contributed by atoms with Gasteiger partial charge in [0.05, 0.1) is 11.1 Å². The minimum absolute atomic E-state index is 0.167. The van der Waals surface area contributed by atoms with Crippen LogP contribution in [0.15, 0.2) is 29.2 Å². The van der Waals surface area contributed by atoms with Crippen LogP contribution < -0.4 is 10.6 Å². The third-order valence-corrected chi connectivity index (χ3v) is 4.60. The molecule has 104 valence electrons. The molecule has 0 saturated carbocycles. The Kier molecular flexibility index (Phi) is 4.88. The van der Waals surface area contributed by atoms with Crippen molar-refractivity contribution in [2.45, 2.75) is 31.1 Å². The van der Waals surface area contributed by atoms with E-state index in [1.54, 1.807) is 11.8 Å². The first kappa shape index (κ1) is 14.4. The molecular weight excluding hydrogens is 256 g/mol. The first-order chi connectivity index (χ1) is 9.22. The Bertz CT molecular complexity index is 442. The second-order valence-electron chi connectivity index (χ2n) is 5.11. The molecule has 0 aromatic heterocycles. The molecule has 2 rings (SSSR count). The third-order valence-electron chi connectivity index (χ3n) is 3.81. The van der Waals surface area contributed by atoms with Crippen molar-refractivity contribution in [2.75, 3.05) is 24.7 Å². The molecule has 0 radical (unpaired) electrons. The Hall–Kier alpha value is -1.00. The molecule has 3 nitrogen and oxygen atoms in total. The Morgan fingerprint density at radius 3 is 2.89 bits per heavy atom. The van der Waals surface area contributed by atoms with Crippen molar-refractivity contribution in [3.05, 3.63) is 24.3 Å². The number of carbonyl (C=O) groups excluding carboxylic acids is 1. The smallest absolute Gasteiger partial charge is 0.231 e. The van der Waals surface area contributed by atoms with Gasteiger partial charge in [0.2, 0.25) is 5.91 Å². The van der Waals surface area contributed by atoms with Gasteiger partial charge < -0.3 is 10.6 Å². The van der Waals surface area contributed by atoms with Crippen molar-refractivity contribution >= 4 is 23.4 Å². The summed E-state index contributed by atoms with van der Waals surface area (Å²) in [6, 6.07) is 7.99. The SMILES string of the molecule is CCCC1(C(=O)Nc2ccccc2SC)CCNC1. The van der Waals surface area contributed by atoms with E-state index in [0.717, 1.165) is 42.9 Å². The number of thioether (sulfide) groups is 1. The summed E-state index contributed by atoms with van der Waals surface area (Å²) in [5.41, 5.74) is 0.711. The monoisotopic (exact) mass is 278 g/mol. The van der Waals surface area contributed by atoms with Crippen LogP contribution in [0.1, 0.15) is 26.2 Å². The van der Waals surface area contributed by atoms with E-state index in [4.69, 9.17) is 0 Å². The summed E-state index contributed by atoms with van der Waals surface area (Å²) in [6.07, 6.45) is 4.96. The fraction of sp³-hybridized carbons (Fsp3) is 0.533. The maximum absolute atomic E-state index is 12.6. The molecule has 4 heteroatoms. The fourth-order valence-electron chi connectivity index (χ4n) is 2.75. The number of amides is 1. The zero-order valence-corrected chi connectivity index (χ0v) is 12.5.